The van der Waals surface area contributed by atoms with Gasteiger partial charge in [0.25, 0.3) is 0 Å². The zero-order chi connectivity index (χ0) is 9.84. The largest absolute Gasteiger partial charge is 0.0880 e. The Hall–Kier alpha value is -0.520. The molecule has 0 nitrogen and oxygen atoms in total. The van der Waals surface area contributed by atoms with Gasteiger partial charge in [-0.2, -0.15) is 0 Å². The number of allylic oxidation sites excluding steroid dienone is 4. The van der Waals surface area contributed by atoms with Crippen LogP contribution in [0.4, 0.5) is 0 Å². The Kier molecular flexibility index (Phi) is 3.77. The van der Waals surface area contributed by atoms with Gasteiger partial charge in [0.2, 0.25) is 0 Å². The van der Waals surface area contributed by atoms with Crippen LogP contribution in [-0.4, -0.2) is 0 Å². The molecule has 0 saturated heterocycles. The fourth-order valence-electron chi connectivity index (χ4n) is 1.63. The molecule has 1 fully saturated rings. The van der Waals surface area contributed by atoms with E-state index in [0.717, 1.165) is 11.8 Å². The molecule has 1 rings (SSSR count). The van der Waals surface area contributed by atoms with Crippen molar-refractivity contribution >= 4 is 0 Å². The van der Waals surface area contributed by atoms with E-state index in [1.54, 1.807) is 11.1 Å². The molecule has 1 atom stereocenters. The summed E-state index contributed by atoms with van der Waals surface area (Å²) in [6.07, 6.45) is 8.39. The predicted molar refractivity (Wildman–Crippen MR) is 59.7 cm³/mol. The second-order valence-corrected chi connectivity index (χ2v) is 4.72. The van der Waals surface area contributed by atoms with Gasteiger partial charge >= 0.3 is 0 Å². The Labute approximate surface area is 82.7 Å². The van der Waals surface area contributed by atoms with Gasteiger partial charge in [0, 0.05) is 0 Å². The van der Waals surface area contributed by atoms with Crippen LogP contribution >= 0.6 is 0 Å². The molecule has 0 aromatic rings. The summed E-state index contributed by atoms with van der Waals surface area (Å²) >= 11 is 0. The summed E-state index contributed by atoms with van der Waals surface area (Å²) in [5.74, 6) is 1.68. The van der Waals surface area contributed by atoms with E-state index in [0.29, 0.717) is 0 Å². The van der Waals surface area contributed by atoms with Crippen molar-refractivity contribution in [2.45, 2.75) is 47.0 Å². The van der Waals surface area contributed by atoms with Gasteiger partial charge in [0.05, 0.1) is 0 Å². The molecular weight excluding hydrogens is 156 g/mol. The van der Waals surface area contributed by atoms with Gasteiger partial charge in [0.1, 0.15) is 0 Å². The van der Waals surface area contributed by atoms with E-state index in [9.17, 15) is 0 Å². The maximum atomic E-state index is 2.33. The highest BCUT2D eigenvalue weighted by molar-refractivity contribution is 5.29. The molecule has 0 bridgehead atoms. The summed E-state index contributed by atoms with van der Waals surface area (Å²) in [5, 5.41) is 0. The van der Waals surface area contributed by atoms with Gasteiger partial charge in [-0.25, -0.2) is 0 Å². The molecule has 0 heteroatoms. The van der Waals surface area contributed by atoms with Crippen LogP contribution in [0.3, 0.4) is 0 Å². The Morgan fingerprint density at radius 3 is 2.54 bits per heavy atom. The lowest BCUT2D eigenvalue weighted by molar-refractivity contribution is 0.663. The standard InChI is InChI=1S/C13H22/c1-10(2)7-5-6-8-11(3)13-9-12(13)4/h5-6,10,12H,7-9H2,1-4H3. The molecule has 0 aromatic carbocycles. The first-order valence-corrected chi connectivity index (χ1v) is 5.44. The molecule has 1 saturated carbocycles. The normalized spacial score (nSPS) is 25.8. The van der Waals surface area contributed by atoms with Gasteiger partial charge in [0.15, 0.2) is 0 Å². The van der Waals surface area contributed by atoms with Gasteiger partial charge in [-0.05, 0) is 38.0 Å². The van der Waals surface area contributed by atoms with Crippen LogP contribution in [-0.2, 0) is 0 Å². The first-order chi connectivity index (χ1) is 6.11. The topological polar surface area (TPSA) is 0 Å². The SMILES string of the molecule is CC(CC=CCC(C)C)=C1CC1C. The minimum absolute atomic E-state index is 0.795. The Balaban J connectivity index is 2.23. The first kappa shape index (κ1) is 10.6. The van der Waals surface area contributed by atoms with Crippen LogP contribution in [0.5, 0.6) is 0 Å². The van der Waals surface area contributed by atoms with Crippen LogP contribution < -0.4 is 0 Å². The number of rotatable bonds is 4. The molecule has 1 aliphatic carbocycles. The van der Waals surface area contributed by atoms with Crippen molar-refractivity contribution < 1.29 is 0 Å². The summed E-state index contributed by atoms with van der Waals surface area (Å²) in [6, 6.07) is 0. The lowest BCUT2D eigenvalue weighted by Gasteiger charge is -1.97. The van der Waals surface area contributed by atoms with Crippen molar-refractivity contribution in [1.29, 1.82) is 0 Å². The minimum Gasteiger partial charge on any atom is -0.0880 e. The Morgan fingerprint density at radius 2 is 2.08 bits per heavy atom. The molecule has 0 radical (unpaired) electrons. The molecule has 1 unspecified atom stereocenters. The summed E-state index contributed by atoms with van der Waals surface area (Å²) in [5.41, 5.74) is 3.31. The zero-order valence-corrected chi connectivity index (χ0v) is 9.43. The highest BCUT2D eigenvalue weighted by atomic mass is 14.3. The number of hydrogen-bond acceptors (Lipinski definition) is 0. The van der Waals surface area contributed by atoms with Gasteiger partial charge in [-0.3, -0.25) is 0 Å². The minimum atomic E-state index is 0.795. The van der Waals surface area contributed by atoms with E-state index in [4.69, 9.17) is 0 Å². The Bertz CT molecular complexity index is 218. The van der Waals surface area contributed by atoms with E-state index in [1.165, 1.54) is 19.3 Å². The van der Waals surface area contributed by atoms with E-state index in [1.807, 2.05) is 0 Å². The monoisotopic (exact) mass is 178 g/mol. The third-order valence-corrected chi connectivity index (χ3v) is 2.71. The average Bonchev–Trinajstić information content (AvgIpc) is 2.75. The molecule has 0 aliphatic heterocycles. The van der Waals surface area contributed by atoms with E-state index in [2.05, 4.69) is 39.8 Å². The molecule has 0 spiro atoms. The molecular formula is C13H22. The number of hydrogen-bond donors (Lipinski definition) is 0. The molecule has 0 heterocycles. The van der Waals surface area contributed by atoms with Crippen LogP contribution in [0.2, 0.25) is 0 Å². The molecule has 74 valence electrons. The van der Waals surface area contributed by atoms with Crippen molar-refractivity contribution in [1.82, 2.24) is 0 Å². The second kappa shape index (κ2) is 4.64. The fourth-order valence-corrected chi connectivity index (χ4v) is 1.63. The summed E-state index contributed by atoms with van der Waals surface area (Å²) < 4.78 is 0. The lowest BCUT2D eigenvalue weighted by Crippen LogP contribution is -1.81. The van der Waals surface area contributed by atoms with Crippen LogP contribution in [0.15, 0.2) is 23.3 Å². The lowest BCUT2D eigenvalue weighted by atomic mass is 10.1. The van der Waals surface area contributed by atoms with Gasteiger partial charge in [-0.1, -0.05) is 44.1 Å². The van der Waals surface area contributed by atoms with E-state index >= 15 is 0 Å². The molecule has 13 heavy (non-hydrogen) atoms. The summed E-state index contributed by atoms with van der Waals surface area (Å²) in [6.45, 7) is 9.12. The third kappa shape index (κ3) is 3.80. The third-order valence-electron chi connectivity index (χ3n) is 2.71. The van der Waals surface area contributed by atoms with Gasteiger partial charge in [-0.15, -0.1) is 0 Å². The smallest absolute Gasteiger partial charge is 0.0139 e. The quantitative estimate of drug-likeness (QED) is 0.562. The zero-order valence-electron chi connectivity index (χ0n) is 9.43. The maximum Gasteiger partial charge on any atom is -0.0139 e. The molecule has 1 aliphatic rings. The fraction of sp³-hybridized carbons (Fsp3) is 0.692. The first-order valence-electron chi connectivity index (χ1n) is 5.44. The van der Waals surface area contributed by atoms with Crippen molar-refractivity contribution in [3.05, 3.63) is 23.3 Å². The highest BCUT2D eigenvalue weighted by Gasteiger charge is 2.25. The summed E-state index contributed by atoms with van der Waals surface area (Å²) in [7, 11) is 0. The maximum absolute atomic E-state index is 2.33. The van der Waals surface area contributed by atoms with Crippen LogP contribution in [0.25, 0.3) is 0 Å². The highest BCUT2D eigenvalue weighted by Crippen LogP contribution is 2.40. The predicted octanol–water partition coefficient (Wildman–Crippen LogP) is 4.34. The molecule has 0 N–H and O–H groups in total. The molecule has 0 aromatic heterocycles. The second-order valence-electron chi connectivity index (χ2n) is 4.72. The van der Waals surface area contributed by atoms with Crippen molar-refractivity contribution in [3.8, 4) is 0 Å². The summed E-state index contributed by atoms with van der Waals surface area (Å²) in [4.78, 5) is 0. The van der Waals surface area contributed by atoms with Crippen molar-refractivity contribution in [3.63, 3.8) is 0 Å². The van der Waals surface area contributed by atoms with Crippen LogP contribution in [0, 0.1) is 11.8 Å². The van der Waals surface area contributed by atoms with Crippen molar-refractivity contribution in [2.75, 3.05) is 0 Å². The van der Waals surface area contributed by atoms with Gasteiger partial charge < -0.3 is 0 Å². The van der Waals surface area contributed by atoms with Crippen molar-refractivity contribution in [2.24, 2.45) is 11.8 Å². The van der Waals surface area contributed by atoms with E-state index in [-0.39, 0.29) is 0 Å². The Morgan fingerprint density at radius 1 is 1.46 bits per heavy atom. The average molecular weight is 178 g/mol. The molecule has 0 amide bonds. The van der Waals surface area contributed by atoms with E-state index < -0.39 is 0 Å². The van der Waals surface area contributed by atoms with Crippen LogP contribution in [0.1, 0.15) is 47.0 Å².